The number of H-pyrrole nitrogens is 1. The van der Waals surface area contributed by atoms with Crippen LogP contribution in [0.1, 0.15) is 11.4 Å². The lowest BCUT2D eigenvalue weighted by Gasteiger charge is -2.10. The van der Waals surface area contributed by atoms with Crippen LogP contribution in [0.15, 0.2) is 18.3 Å². The number of anilines is 1. The summed E-state index contributed by atoms with van der Waals surface area (Å²) in [4.78, 5) is 0. The van der Waals surface area contributed by atoms with Gasteiger partial charge in [0.1, 0.15) is 28.5 Å². The smallest absolute Gasteiger partial charge is 0.216 e. The van der Waals surface area contributed by atoms with Gasteiger partial charge in [-0.05, 0) is 17.3 Å². The van der Waals surface area contributed by atoms with Gasteiger partial charge in [-0.15, -0.1) is 10.2 Å². The predicted octanol–water partition coefficient (Wildman–Crippen LogP) is 1.71. The largest absolute Gasteiger partial charge is 0.495 e. The molecule has 0 aliphatic heterocycles. The number of hydrogen-bond acceptors (Lipinski definition) is 7. The molecule has 0 fully saturated rings. The molecule has 1 aromatic heterocycles. The van der Waals surface area contributed by atoms with Crippen molar-refractivity contribution in [2.24, 2.45) is 0 Å². The van der Waals surface area contributed by atoms with Crippen LogP contribution in [0.2, 0.25) is 5.02 Å². The van der Waals surface area contributed by atoms with Crippen molar-refractivity contribution in [1.29, 1.82) is 10.5 Å². The van der Waals surface area contributed by atoms with E-state index in [1.54, 1.807) is 12.1 Å². The van der Waals surface area contributed by atoms with Crippen LogP contribution in [0.25, 0.3) is 5.57 Å². The second-order valence-corrected chi connectivity index (χ2v) is 4.04. The first kappa shape index (κ1) is 14.3. The van der Waals surface area contributed by atoms with E-state index in [-0.39, 0.29) is 16.4 Å². The number of methoxy groups -OCH3 is 1. The van der Waals surface area contributed by atoms with Crippen LogP contribution in [0.5, 0.6) is 5.75 Å². The Morgan fingerprint density at radius 2 is 2.29 bits per heavy atom. The number of aromatic amines is 1. The Morgan fingerprint density at radius 3 is 2.86 bits per heavy atom. The number of nitriles is 2. The third kappa shape index (κ3) is 2.91. The molecule has 8 nitrogen and oxygen atoms in total. The summed E-state index contributed by atoms with van der Waals surface area (Å²) in [6, 6.07) is 7.06. The van der Waals surface area contributed by atoms with Crippen molar-refractivity contribution in [3.63, 3.8) is 0 Å². The molecule has 0 spiro atoms. The summed E-state index contributed by atoms with van der Waals surface area (Å²) in [5.41, 5.74) is 0.767. The van der Waals surface area contributed by atoms with Gasteiger partial charge in [0.25, 0.3) is 0 Å². The van der Waals surface area contributed by atoms with Crippen LogP contribution >= 0.6 is 11.6 Å². The first-order chi connectivity index (χ1) is 10.2. The van der Waals surface area contributed by atoms with E-state index in [4.69, 9.17) is 26.9 Å². The summed E-state index contributed by atoms with van der Waals surface area (Å²) in [6.45, 7) is 0. The number of nitrogens with zero attached hydrogens (tertiary/aromatic N) is 5. The zero-order valence-corrected chi connectivity index (χ0v) is 11.5. The van der Waals surface area contributed by atoms with Crippen molar-refractivity contribution < 1.29 is 4.74 Å². The number of allylic oxidation sites excluding steroid dienone is 1. The molecular formula is C12H8ClN7O. The molecule has 2 aromatic rings. The molecule has 1 heterocycles. The van der Waals surface area contributed by atoms with Crippen LogP contribution < -0.4 is 10.1 Å². The number of benzene rings is 1. The SMILES string of the molecule is COc1ccc(C#N)c(NC=C(C#N)c2nn[nH]n2)c1Cl. The highest BCUT2D eigenvalue weighted by molar-refractivity contribution is 6.35. The van der Waals surface area contributed by atoms with E-state index >= 15 is 0 Å². The highest BCUT2D eigenvalue weighted by atomic mass is 35.5. The average molecular weight is 302 g/mol. The second-order valence-electron chi connectivity index (χ2n) is 3.67. The Kier molecular flexibility index (Phi) is 4.34. The Bertz CT molecular complexity index is 755. The van der Waals surface area contributed by atoms with Crippen LogP contribution in [0.4, 0.5) is 5.69 Å². The zero-order valence-electron chi connectivity index (χ0n) is 10.8. The fourth-order valence-electron chi connectivity index (χ4n) is 1.52. The van der Waals surface area contributed by atoms with Crippen molar-refractivity contribution in [3.05, 3.63) is 34.7 Å². The topological polar surface area (TPSA) is 123 Å². The number of aromatic nitrogens is 4. The molecule has 0 saturated heterocycles. The molecule has 9 heteroatoms. The van der Waals surface area contributed by atoms with Crippen molar-refractivity contribution in [2.75, 3.05) is 12.4 Å². The lowest BCUT2D eigenvalue weighted by atomic mass is 10.2. The highest BCUT2D eigenvalue weighted by Gasteiger charge is 2.12. The van der Waals surface area contributed by atoms with E-state index in [9.17, 15) is 0 Å². The van der Waals surface area contributed by atoms with Gasteiger partial charge in [0.15, 0.2) is 0 Å². The van der Waals surface area contributed by atoms with Gasteiger partial charge in [0, 0.05) is 6.20 Å². The number of nitrogens with one attached hydrogen (secondary N) is 2. The van der Waals surface area contributed by atoms with Crippen molar-refractivity contribution in [2.45, 2.75) is 0 Å². The first-order valence-corrected chi connectivity index (χ1v) is 5.96. The summed E-state index contributed by atoms with van der Waals surface area (Å²) < 4.78 is 5.08. The molecule has 2 rings (SSSR count). The molecule has 0 aliphatic rings. The van der Waals surface area contributed by atoms with Crippen LogP contribution in [0.3, 0.4) is 0 Å². The van der Waals surface area contributed by atoms with E-state index in [0.717, 1.165) is 0 Å². The minimum atomic E-state index is 0.127. The Morgan fingerprint density at radius 1 is 1.48 bits per heavy atom. The molecule has 0 unspecified atom stereocenters. The predicted molar refractivity (Wildman–Crippen MR) is 74.1 cm³/mol. The Hall–Kier alpha value is -3.10. The Labute approximate surface area is 124 Å². The number of halogens is 1. The van der Waals surface area contributed by atoms with Crippen LogP contribution in [0, 0.1) is 22.7 Å². The maximum absolute atomic E-state index is 9.10. The number of ether oxygens (including phenoxy) is 1. The Balaban J connectivity index is 2.40. The first-order valence-electron chi connectivity index (χ1n) is 5.58. The maximum Gasteiger partial charge on any atom is 0.216 e. The van der Waals surface area contributed by atoms with Crippen LogP contribution in [-0.4, -0.2) is 27.7 Å². The molecule has 21 heavy (non-hydrogen) atoms. The van der Waals surface area contributed by atoms with E-state index in [1.807, 2.05) is 12.1 Å². The van der Waals surface area contributed by atoms with Gasteiger partial charge < -0.3 is 10.1 Å². The number of hydrogen-bond donors (Lipinski definition) is 2. The summed E-state index contributed by atoms with van der Waals surface area (Å²) in [5.74, 6) is 0.534. The fraction of sp³-hybridized carbons (Fsp3) is 0.0833. The fourth-order valence-corrected chi connectivity index (χ4v) is 1.81. The van der Waals surface area contributed by atoms with Gasteiger partial charge in [-0.1, -0.05) is 11.6 Å². The minimum absolute atomic E-state index is 0.127. The van der Waals surface area contributed by atoms with E-state index in [0.29, 0.717) is 17.0 Å². The van der Waals surface area contributed by atoms with Gasteiger partial charge in [0.2, 0.25) is 5.82 Å². The monoisotopic (exact) mass is 301 g/mol. The van der Waals surface area contributed by atoms with Gasteiger partial charge >= 0.3 is 0 Å². The molecule has 0 atom stereocenters. The lowest BCUT2D eigenvalue weighted by Crippen LogP contribution is -1.98. The second kappa shape index (κ2) is 6.37. The lowest BCUT2D eigenvalue weighted by molar-refractivity contribution is 0.415. The average Bonchev–Trinajstić information content (AvgIpc) is 3.03. The quantitative estimate of drug-likeness (QED) is 0.824. The van der Waals surface area contributed by atoms with E-state index in [2.05, 4.69) is 25.9 Å². The number of tetrazole rings is 1. The maximum atomic E-state index is 9.10. The van der Waals surface area contributed by atoms with Gasteiger partial charge in [-0.3, -0.25) is 0 Å². The minimum Gasteiger partial charge on any atom is -0.495 e. The molecule has 0 aliphatic carbocycles. The summed E-state index contributed by atoms with van der Waals surface area (Å²) >= 11 is 6.14. The third-order valence-corrected chi connectivity index (χ3v) is 2.89. The molecule has 2 N–H and O–H groups in total. The summed E-state index contributed by atoms with van der Waals surface area (Å²) in [7, 11) is 1.47. The molecule has 104 valence electrons. The van der Waals surface area contributed by atoms with Gasteiger partial charge in [0.05, 0.1) is 18.4 Å². The van der Waals surface area contributed by atoms with Gasteiger partial charge in [-0.2, -0.15) is 15.7 Å². The molecule has 0 saturated carbocycles. The number of rotatable bonds is 4. The zero-order chi connectivity index (χ0) is 15.2. The van der Waals surface area contributed by atoms with Crippen molar-refractivity contribution in [3.8, 4) is 17.9 Å². The van der Waals surface area contributed by atoms with E-state index in [1.165, 1.54) is 13.3 Å². The molecular weight excluding hydrogens is 294 g/mol. The van der Waals surface area contributed by atoms with Crippen LogP contribution in [-0.2, 0) is 0 Å². The highest BCUT2D eigenvalue weighted by Crippen LogP contribution is 2.34. The standard InChI is InChI=1S/C12H8ClN7O/c1-21-9-3-2-7(4-14)11(10(9)13)16-6-8(5-15)12-17-19-20-18-12/h2-3,6,16H,1H3,(H,17,18,19,20). The van der Waals surface area contributed by atoms with Crippen molar-refractivity contribution in [1.82, 2.24) is 20.6 Å². The normalized spacial score (nSPS) is 10.6. The molecule has 0 radical (unpaired) electrons. The van der Waals surface area contributed by atoms with Gasteiger partial charge in [-0.25, -0.2) is 0 Å². The molecule has 1 aromatic carbocycles. The summed E-state index contributed by atoms with van der Waals surface area (Å²) in [6.07, 6.45) is 1.34. The van der Waals surface area contributed by atoms with Crippen molar-refractivity contribution >= 4 is 22.9 Å². The molecule has 0 bridgehead atoms. The molecule has 0 amide bonds. The third-order valence-electron chi connectivity index (χ3n) is 2.51. The summed E-state index contributed by atoms with van der Waals surface area (Å²) in [5, 5.41) is 34.2. The van der Waals surface area contributed by atoms with E-state index < -0.39 is 0 Å².